The van der Waals surface area contributed by atoms with Crippen LogP contribution in [-0.2, 0) is 26.4 Å². The number of nitrogens with one attached hydrogen (secondary N) is 2. The third-order valence-corrected chi connectivity index (χ3v) is 3.38. The lowest BCUT2D eigenvalue weighted by Gasteiger charge is -2.02. The zero-order chi connectivity index (χ0) is 13.4. The van der Waals surface area contributed by atoms with Crippen LogP contribution in [0.3, 0.4) is 0 Å². The second-order valence-corrected chi connectivity index (χ2v) is 4.77. The van der Waals surface area contributed by atoms with E-state index >= 15 is 0 Å². The molecule has 0 aliphatic heterocycles. The van der Waals surface area contributed by atoms with Crippen LogP contribution in [0.25, 0.3) is 0 Å². The van der Waals surface area contributed by atoms with Crippen LogP contribution >= 0.6 is 0 Å². The predicted octanol–water partition coefficient (Wildman–Crippen LogP) is 0.144. The van der Waals surface area contributed by atoms with Gasteiger partial charge in [0.05, 0.1) is 17.9 Å². The van der Waals surface area contributed by atoms with Crippen LogP contribution in [0.15, 0.2) is 6.20 Å². The fourth-order valence-corrected chi connectivity index (χ4v) is 2.47. The van der Waals surface area contributed by atoms with Crippen molar-refractivity contribution in [2.24, 2.45) is 7.05 Å². The van der Waals surface area contributed by atoms with Crippen molar-refractivity contribution in [2.75, 3.05) is 5.73 Å². The van der Waals surface area contributed by atoms with E-state index in [-0.39, 0.29) is 11.6 Å². The van der Waals surface area contributed by atoms with Crippen LogP contribution in [-0.4, -0.2) is 25.9 Å². The van der Waals surface area contributed by atoms with Gasteiger partial charge in [-0.05, 0) is 24.8 Å². The number of amides is 1. The first-order chi connectivity index (χ1) is 9.15. The summed E-state index contributed by atoms with van der Waals surface area (Å²) < 4.78 is 1.52. The molecule has 4 N–H and O–H groups in total. The summed E-state index contributed by atoms with van der Waals surface area (Å²) >= 11 is 0. The third-order valence-electron chi connectivity index (χ3n) is 3.38. The first-order valence-electron chi connectivity index (χ1n) is 6.27. The van der Waals surface area contributed by atoms with Gasteiger partial charge >= 0.3 is 0 Å². The second-order valence-electron chi connectivity index (χ2n) is 4.77. The Kier molecular flexibility index (Phi) is 2.73. The molecule has 0 aromatic carbocycles. The number of carbonyl (C=O) groups is 1. The van der Waals surface area contributed by atoms with Gasteiger partial charge in [-0.1, -0.05) is 0 Å². The maximum Gasteiger partial charge on any atom is 0.274 e. The highest BCUT2D eigenvalue weighted by atomic mass is 16.2. The van der Waals surface area contributed by atoms with E-state index in [0.29, 0.717) is 12.2 Å². The summed E-state index contributed by atoms with van der Waals surface area (Å²) in [4.78, 5) is 12.0. The van der Waals surface area contributed by atoms with Gasteiger partial charge < -0.3 is 11.1 Å². The molecule has 2 aromatic rings. The summed E-state index contributed by atoms with van der Waals surface area (Å²) in [5, 5.41) is 14.1. The first kappa shape index (κ1) is 11.8. The second kappa shape index (κ2) is 4.42. The maximum atomic E-state index is 12.0. The molecule has 2 heterocycles. The monoisotopic (exact) mass is 260 g/mol. The molecule has 0 radical (unpaired) electrons. The zero-order valence-corrected chi connectivity index (χ0v) is 10.7. The summed E-state index contributed by atoms with van der Waals surface area (Å²) in [6.07, 6.45) is 4.84. The number of carbonyl (C=O) groups excluding carboxylic acids is 1. The Labute approximate surface area is 110 Å². The lowest BCUT2D eigenvalue weighted by atomic mass is 10.2. The Morgan fingerprint density at radius 2 is 2.42 bits per heavy atom. The SMILES string of the molecule is Cn1cc(N)c(C(=O)NCc2n[nH]c3c2CCC3)n1. The van der Waals surface area contributed by atoms with Crippen LogP contribution < -0.4 is 11.1 Å². The highest BCUT2D eigenvalue weighted by Crippen LogP contribution is 2.22. The number of fused-ring (bicyclic) bond motifs is 1. The smallest absolute Gasteiger partial charge is 0.274 e. The molecule has 0 unspecified atom stereocenters. The van der Waals surface area contributed by atoms with Gasteiger partial charge in [-0.3, -0.25) is 14.6 Å². The molecule has 0 atom stereocenters. The minimum Gasteiger partial charge on any atom is -0.396 e. The zero-order valence-electron chi connectivity index (χ0n) is 10.7. The molecule has 1 amide bonds. The van der Waals surface area contributed by atoms with Crippen LogP contribution in [0.4, 0.5) is 5.69 Å². The minimum atomic E-state index is -0.271. The normalized spacial score (nSPS) is 13.5. The fraction of sp³-hybridized carbons (Fsp3) is 0.417. The molecule has 0 saturated carbocycles. The van der Waals surface area contributed by atoms with Crippen LogP contribution in [0, 0.1) is 0 Å². The van der Waals surface area contributed by atoms with Gasteiger partial charge in [0.25, 0.3) is 5.91 Å². The molecular weight excluding hydrogens is 244 g/mol. The number of aryl methyl sites for hydroxylation is 2. The van der Waals surface area contributed by atoms with E-state index in [4.69, 9.17) is 5.73 Å². The summed E-state index contributed by atoms with van der Waals surface area (Å²) in [7, 11) is 1.73. The average molecular weight is 260 g/mol. The molecular formula is C12H16N6O. The maximum absolute atomic E-state index is 12.0. The van der Waals surface area contributed by atoms with Gasteiger partial charge in [0, 0.05) is 18.9 Å². The molecule has 7 nitrogen and oxygen atoms in total. The lowest BCUT2D eigenvalue weighted by Crippen LogP contribution is -2.25. The van der Waals surface area contributed by atoms with E-state index in [2.05, 4.69) is 20.6 Å². The number of hydrogen-bond donors (Lipinski definition) is 3. The van der Waals surface area contributed by atoms with Gasteiger partial charge in [0.2, 0.25) is 0 Å². The number of aromatic amines is 1. The molecule has 7 heteroatoms. The Hall–Kier alpha value is -2.31. The highest BCUT2D eigenvalue weighted by Gasteiger charge is 2.19. The predicted molar refractivity (Wildman–Crippen MR) is 69.4 cm³/mol. The standard InChI is InChI=1S/C12H16N6O/c1-18-6-8(13)11(17-18)12(19)14-5-10-7-3-2-4-9(7)15-16-10/h6H,2-5,13H2,1H3,(H,14,19)(H,15,16). The number of H-pyrrole nitrogens is 1. The van der Waals surface area contributed by atoms with E-state index in [1.165, 1.54) is 15.9 Å². The molecule has 19 heavy (non-hydrogen) atoms. The first-order valence-corrected chi connectivity index (χ1v) is 6.27. The van der Waals surface area contributed by atoms with Gasteiger partial charge in [0.15, 0.2) is 5.69 Å². The largest absolute Gasteiger partial charge is 0.396 e. The molecule has 3 rings (SSSR count). The Bertz CT molecular complexity index is 626. The molecule has 2 aromatic heterocycles. The van der Waals surface area contributed by atoms with Crippen molar-refractivity contribution in [3.63, 3.8) is 0 Å². The van der Waals surface area contributed by atoms with Crippen LogP contribution in [0.5, 0.6) is 0 Å². The number of nitrogens with zero attached hydrogens (tertiary/aromatic N) is 3. The third kappa shape index (κ3) is 2.07. The van der Waals surface area contributed by atoms with E-state index < -0.39 is 0 Å². The summed E-state index contributed by atoms with van der Waals surface area (Å²) in [5.74, 6) is -0.271. The van der Waals surface area contributed by atoms with Gasteiger partial charge in [-0.2, -0.15) is 10.2 Å². The van der Waals surface area contributed by atoms with E-state index in [9.17, 15) is 4.79 Å². The van der Waals surface area contributed by atoms with Crippen molar-refractivity contribution in [3.05, 3.63) is 28.8 Å². The fourth-order valence-electron chi connectivity index (χ4n) is 2.47. The van der Waals surface area contributed by atoms with Crippen LogP contribution in [0.1, 0.15) is 33.9 Å². The van der Waals surface area contributed by atoms with Crippen molar-refractivity contribution in [2.45, 2.75) is 25.8 Å². The number of hydrogen-bond acceptors (Lipinski definition) is 4. The van der Waals surface area contributed by atoms with Gasteiger partial charge in [0.1, 0.15) is 0 Å². The molecule has 1 aliphatic carbocycles. The number of nitrogens with two attached hydrogens (primary N) is 1. The highest BCUT2D eigenvalue weighted by molar-refractivity contribution is 5.96. The molecule has 0 spiro atoms. The average Bonchev–Trinajstić information content (AvgIpc) is 3.02. The van der Waals surface area contributed by atoms with E-state index in [1.54, 1.807) is 13.2 Å². The van der Waals surface area contributed by atoms with Gasteiger partial charge in [-0.15, -0.1) is 0 Å². The minimum absolute atomic E-state index is 0.259. The topological polar surface area (TPSA) is 102 Å². The molecule has 100 valence electrons. The van der Waals surface area contributed by atoms with Crippen molar-refractivity contribution >= 4 is 11.6 Å². The van der Waals surface area contributed by atoms with Crippen molar-refractivity contribution in [1.29, 1.82) is 0 Å². The lowest BCUT2D eigenvalue weighted by molar-refractivity contribution is 0.0945. The summed E-state index contributed by atoms with van der Waals surface area (Å²) in [6, 6.07) is 0. The van der Waals surface area contributed by atoms with E-state index in [1.807, 2.05) is 0 Å². The summed E-state index contributed by atoms with van der Waals surface area (Å²) in [6.45, 7) is 0.403. The summed E-state index contributed by atoms with van der Waals surface area (Å²) in [5.41, 5.74) is 9.71. The molecule has 0 fully saturated rings. The van der Waals surface area contributed by atoms with Crippen molar-refractivity contribution < 1.29 is 4.79 Å². The van der Waals surface area contributed by atoms with Crippen molar-refractivity contribution in [1.82, 2.24) is 25.3 Å². The quantitative estimate of drug-likeness (QED) is 0.730. The van der Waals surface area contributed by atoms with E-state index in [0.717, 1.165) is 25.0 Å². The molecule has 1 aliphatic rings. The Morgan fingerprint density at radius 1 is 1.58 bits per heavy atom. The number of aromatic nitrogens is 4. The van der Waals surface area contributed by atoms with Crippen LogP contribution in [0.2, 0.25) is 0 Å². The van der Waals surface area contributed by atoms with Crippen molar-refractivity contribution in [3.8, 4) is 0 Å². The Balaban J connectivity index is 1.69. The number of nitrogen functional groups attached to an aromatic ring is 1. The number of anilines is 1. The number of rotatable bonds is 3. The van der Waals surface area contributed by atoms with Gasteiger partial charge in [-0.25, -0.2) is 0 Å². The molecule has 0 saturated heterocycles. The Morgan fingerprint density at radius 3 is 3.16 bits per heavy atom. The molecule has 0 bridgehead atoms.